The van der Waals surface area contributed by atoms with E-state index in [1.165, 1.54) is 20.8 Å². The average molecular weight is 416 g/mol. The number of hydrogen-bond donors (Lipinski definition) is 2. The van der Waals surface area contributed by atoms with Crippen molar-refractivity contribution in [3.63, 3.8) is 0 Å². The molecule has 7 nitrogen and oxygen atoms in total. The summed E-state index contributed by atoms with van der Waals surface area (Å²) < 4.78 is 57.6. The molecule has 2 aromatic carbocycles. The van der Waals surface area contributed by atoms with Crippen LogP contribution in [0.5, 0.6) is 17.2 Å². The second-order valence-electron chi connectivity index (χ2n) is 6.05. The summed E-state index contributed by atoms with van der Waals surface area (Å²) in [4.78, 5) is 22.3. The maximum atomic E-state index is 13.5. The van der Waals surface area contributed by atoms with Crippen molar-refractivity contribution in [2.45, 2.75) is 33.4 Å². The number of amides is 1. The van der Waals surface area contributed by atoms with Crippen molar-refractivity contribution in [3.8, 4) is 17.2 Å². The van der Waals surface area contributed by atoms with Crippen molar-refractivity contribution in [1.29, 1.82) is 0 Å². The molecule has 0 spiro atoms. The predicted octanol–water partition coefficient (Wildman–Crippen LogP) is 5.22. The molecule has 2 rings (SSSR count). The van der Waals surface area contributed by atoms with Crippen LogP contribution in [-0.2, 0) is 11.0 Å². The highest BCUT2D eigenvalue weighted by Gasteiger charge is 2.35. The Morgan fingerprint density at radius 1 is 1.28 bits per heavy atom. The molecule has 0 aliphatic heterocycles. The van der Waals surface area contributed by atoms with E-state index < -0.39 is 51.3 Å². The van der Waals surface area contributed by atoms with E-state index in [0.29, 0.717) is 12.1 Å². The Labute approximate surface area is 162 Å². The van der Waals surface area contributed by atoms with Crippen molar-refractivity contribution < 1.29 is 37.1 Å². The maximum absolute atomic E-state index is 13.5. The van der Waals surface area contributed by atoms with Crippen LogP contribution in [0.2, 0.25) is 0 Å². The van der Waals surface area contributed by atoms with Gasteiger partial charge in [0.2, 0.25) is 11.7 Å². The third-order valence-corrected chi connectivity index (χ3v) is 4.19. The minimum absolute atomic E-state index is 0.0183. The molecule has 0 radical (unpaired) electrons. The van der Waals surface area contributed by atoms with Crippen LogP contribution in [0.15, 0.2) is 18.2 Å². The molecule has 11 heteroatoms. The van der Waals surface area contributed by atoms with Crippen LogP contribution in [0, 0.1) is 29.8 Å². The number of nitrogens with one attached hydrogen (secondary N) is 1. The van der Waals surface area contributed by atoms with Crippen LogP contribution in [0.4, 0.5) is 28.9 Å². The highest BCUT2D eigenvalue weighted by atomic mass is 19.4. The molecule has 0 saturated heterocycles. The predicted molar refractivity (Wildman–Crippen MR) is 94.6 cm³/mol. The number of nitro benzene ring substituents is 1. The number of carbonyl (C=O) groups excluding carboxylic acids is 1. The Morgan fingerprint density at radius 3 is 2.41 bits per heavy atom. The molecule has 0 heterocycles. The normalized spacial score (nSPS) is 11.3. The summed E-state index contributed by atoms with van der Waals surface area (Å²) in [6.45, 7) is 4.27. The zero-order chi connectivity index (χ0) is 22.1. The number of nitro groups is 1. The largest absolute Gasteiger partial charge is 0.499 e. The van der Waals surface area contributed by atoms with Gasteiger partial charge in [0.15, 0.2) is 5.75 Å². The first-order valence-corrected chi connectivity index (χ1v) is 8.23. The van der Waals surface area contributed by atoms with Crippen LogP contribution in [-0.4, -0.2) is 15.9 Å². The van der Waals surface area contributed by atoms with Crippen LogP contribution in [0.1, 0.15) is 30.0 Å². The van der Waals surface area contributed by atoms with Crippen molar-refractivity contribution in [2.24, 2.45) is 0 Å². The molecule has 0 aliphatic rings. The summed E-state index contributed by atoms with van der Waals surface area (Å²) in [7, 11) is 0. The van der Waals surface area contributed by atoms with Gasteiger partial charge in [-0.25, -0.2) is 4.39 Å². The highest BCUT2D eigenvalue weighted by molar-refractivity contribution is 5.95. The van der Waals surface area contributed by atoms with Crippen molar-refractivity contribution in [3.05, 3.63) is 50.8 Å². The Balaban J connectivity index is 2.70. The number of benzene rings is 2. The first kappa shape index (κ1) is 21.9. The number of aromatic hydroxyl groups is 1. The SMILES string of the molecule is CCC(=O)Nc1c(C)c(C)c([N+](=O)[O-])c(O)c1Oc1ccc(F)c(C(F)(F)F)c1. The third kappa shape index (κ3) is 4.39. The fraction of sp³-hybridized carbons (Fsp3) is 0.278. The standard InChI is InChI=1S/C18H16F4N2O5/c1-4-13(25)23-14-8(2)9(3)15(24(27)28)16(26)17(14)29-10-5-6-12(19)11(7-10)18(20,21)22/h5-7,26H,4H2,1-3H3,(H,23,25). The molecule has 29 heavy (non-hydrogen) atoms. The van der Waals surface area contributed by atoms with E-state index in [1.54, 1.807) is 0 Å². The lowest BCUT2D eigenvalue weighted by atomic mass is 10.0. The van der Waals surface area contributed by atoms with Gasteiger partial charge in [-0.1, -0.05) is 6.92 Å². The van der Waals surface area contributed by atoms with Crippen LogP contribution in [0.3, 0.4) is 0 Å². The van der Waals surface area contributed by atoms with Crippen molar-refractivity contribution in [1.82, 2.24) is 0 Å². The molecule has 2 aromatic rings. The lowest BCUT2D eigenvalue weighted by molar-refractivity contribution is -0.386. The number of rotatable bonds is 5. The fourth-order valence-corrected chi connectivity index (χ4v) is 2.54. The molecule has 156 valence electrons. The number of carbonyl (C=O) groups is 1. The molecular weight excluding hydrogens is 400 g/mol. The van der Waals surface area contributed by atoms with E-state index >= 15 is 0 Å². The second kappa shape index (κ2) is 7.94. The summed E-state index contributed by atoms with van der Waals surface area (Å²) >= 11 is 0. The van der Waals surface area contributed by atoms with E-state index in [4.69, 9.17) is 4.74 Å². The van der Waals surface area contributed by atoms with Crippen molar-refractivity contribution in [2.75, 3.05) is 5.32 Å². The number of ether oxygens (including phenoxy) is 1. The van der Waals surface area contributed by atoms with Crippen LogP contribution < -0.4 is 10.1 Å². The number of halogens is 4. The first-order valence-electron chi connectivity index (χ1n) is 8.23. The molecule has 1 amide bonds. The molecule has 0 aliphatic carbocycles. The van der Waals surface area contributed by atoms with Gasteiger partial charge in [-0.2, -0.15) is 13.2 Å². The Kier molecular flexibility index (Phi) is 6.00. The van der Waals surface area contributed by atoms with E-state index in [1.807, 2.05) is 0 Å². The molecule has 0 atom stereocenters. The minimum Gasteiger partial charge on any atom is -0.499 e. The molecule has 2 N–H and O–H groups in total. The number of anilines is 1. The smallest absolute Gasteiger partial charge is 0.419 e. The minimum atomic E-state index is -5.01. The number of phenols is 1. The molecule has 0 aromatic heterocycles. The topological polar surface area (TPSA) is 102 Å². The number of alkyl halides is 3. The molecular formula is C18H16F4N2O5. The van der Waals surface area contributed by atoms with Gasteiger partial charge < -0.3 is 15.2 Å². The number of hydrogen-bond acceptors (Lipinski definition) is 5. The van der Waals surface area contributed by atoms with Crippen LogP contribution in [0.25, 0.3) is 0 Å². The first-order chi connectivity index (χ1) is 13.4. The summed E-state index contributed by atoms with van der Waals surface area (Å²) in [6, 6.07) is 1.71. The third-order valence-electron chi connectivity index (χ3n) is 4.19. The zero-order valence-electron chi connectivity index (χ0n) is 15.5. The van der Waals surface area contributed by atoms with Gasteiger partial charge in [0.1, 0.15) is 11.6 Å². The Morgan fingerprint density at radius 2 is 1.90 bits per heavy atom. The fourth-order valence-electron chi connectivity index (χ4n) is 2.54. The highest BCUT2D eigenvalue weighted by Crippen LogP contribution is 2.49. The molecule has 0 unspecified atom stereocenters. The van der Waals surface area contributed by atoms with E-state index in [0.717, 1.165) is 6.07 Å². The van der Waals surface area contributed by atoms with Crippen LogP contribution >= 0.6 is 0 Å². The number of nitrogens with zero attached hydrogens (tertiary/aromatic N) is 1. The van der Waals surface area contributed by atoms with Gasteiger partial charge in [-0.3, -0.25) is 14.9 Å². The van der Waals surface area contributed by atoms with Crippen molar-refractivity contribution >= 4 is 17.3 Å². The Hall–Kier alpha value is -3.37. The number of phenolic OH excluding ortho intramolecular Hbond substituents is 1. The van der Waals surface area contributed by atoms with Gasteiger partial charge in [-0.15, -0.1) is 0 Å². The lowest BCUT2D eigenvalue weighted by Crippen LogP contribution is -2.13. The zero-order valence-corrected chi connectivity index (χ0v) is 15.5. The van der Waals surface area contributed by atoms with Gasteiger partial charge >= 0.3 is 11.9 Å². The lowest BCUT2D eigenvalue weighted by Gasteiger charge is -2.18. The van der Waals surface area contributed by atoms with E-state index in [2.05, 4.69) is 5.32 Å². The average Bonchev–Trinajstić information content (AvgIpc) is 2.62. The Bertz CT molecular complexity index is 989. The van der Waals surface area contributed by atoms with E-state index in [-0.39, 0.29) is 23.2 Å². The van der Waals surface area contributed by atoms with Gasteiger partial charge in [0.25, 0.3) is 0 Å². The summed E-state index contributed by atoms with van der Waals surface area (Å²) in [5.74, 6) is -4.22. The summed E-state index contributed by atoms with van der Waals surface area (Å²) in [5.41, 5.74) is -2.29. The van der Waals surface area contributed by atoms with E-state index in [9.17, 15) is 37.6 Å². The molecule has 0 bridgehead atoms. The monoisotopic (exact) mass is 416 g/mol. The second-order valence-corrected chi connectivity index (χ2v) is 6.05. The molecule has 0 fully saturated rings. The summed E-state index contributed by atoms with van der Waals surface area (Å²) in [6.07, 6.45) is -5.00. The van der Waals surface area contributed by atoms with Gasteiger partial charge in [-0.05, 0) is 37.6 Å². The van der Waals surface area contributed by atoms with Gasteiger partial charge in [0, 0.05) is 12.0 Å². The van der Waals surface area contributed by atoms with Gasteiger partial charge in [0.05, 0.1) is 16.2 Å². The summed E-state index contributed by atoms with van der Waals surface area (Å²) in [5, 5.41) is 24.1. The quantitative estimate of drug-likeness (QED) is 0.396. The molecule has 0 saturated carbocycles. The maximum Gasteiger partial charge on any atom is 0.419 e.